The van der Waals surface area contributed by atoms with E-state index in [1.807, 2.05) is 24.3 Å². The first-order valence-electron chi connectivity index (χ1n) is 9.25. The van der Waals surface area contributed by atoms with E-state index in [1.165, 1.54) is 13.1 Å². The third-order valence-electron chi connectivity index (χ3n) is 4.43. The highest BCUT2D eigenvalue weighted by Crippen LogP contribution is 2.26. The summed E-state index contributed by atoms with van der Waals surface area (Å²) in [6, 6.07) is 15.9. The summed E-state index contributed by atoms with van der Waals surface area (Å²) in [4.78, 5) is 34.9. The van der Waals surface area contributed by atoms with E-state index in [1.54, 1.807) is 37.4 Å². The normalized spacial score (nSPS) is 10.6. The van der Waals surface area contributed by atoms with Crippen molar-refractivity contribution in [2.24, 2.45) is 0 Å². The number of ketones is 1. The minimum absolute atomic E-state index is 0.0226. The fourth-order valence-corrected chi connectivity index (χ4v) is 2.90. The zero-order valence-electron chi connectivity index (χ0n) is 16.4. The molecule has 0 aliphatic carbocycles. The van der Waals surface area contributed by atoms with Crippen molar-refractivity contribution in [1.82, 2.24) is 20.3 Å². The summed E-state index contributed by atoms with van der Waals surface area (Å²) in [7, 11) is 1.55. The second-order valence-corrected chi connectivity index (χ2v) is 6.58. The molecule has 0 aliphatic rings. The highest BCUT2D eigenvalue weighted by molar-refractivity contribution is 5.94. The molecule has 8 heteroatoms. The average Bonchev–Trinajstić information content (AvgIpc) is 3.15. The van der Waals surface area contributed by atoms with Crippen LogP contribution in [0, 0.1) is 0 Å². The van der Waals surface area contributed by atoms with Crippen molar-refractivity contribution in [2.75, 3.05) is 12.4 Å². The number of fused-ring (bicyclic) bond motifs is 1. The molecule has 0 fully saturated rings. The minimum atomic E-state index is -0.281. The topological polar surface area (TPSA) is 109 Å². The van der Waals surface area contributed by atoms with Crippen LogP contribution in [-0.2, 0) is 0 Å². The van der Waals surface area contributed by atoms with Crippen LogP contribution in [0.1, 0.15) is 27.8 Å². The van der Waals surface area contributed by atoms with Crippen LogP contribution in [0.3, 0.4) is 0 Å². The standard InChI is InChI=1S/C22H19N5O3/c1-13(28)14-3-5-15(6-4-14)25-22-26-18-8-7-16(11-19(18)27-22)30-17-9-10-24-20(12-17)21(29)23-2/h3-12H,1-2H3,(H,23,29)(H2,25,26,27). The maximum atomic E-state index is 11.7. The Morgan fingerprint density at radius 3 is 2.50 bits per heavy atom. The summed E-state index contributed by atoms with van der Waals surface area (Å²) in [5.41, 5.74) is 3.30. The third kappa shape index (κ3) is 4.12. The second-order valence-electron chi connectivity index (χ2n) is 6.58. The van der Waals surface area contributed by atoms with Gasteiger partial charge in [-0.3, -0.25) is 14.6 Å². The first-order valence-corrected chi connectivity index (χ1v) is 9.25. The molecule has 0 unspecified atom stereocenters. The number of nitrogens with zero attached hydrogens (tertiary/aromatic N) is 2. The Morgan fingerprint density at radius 2 is 1.77 bits per heavy atom. The van der Waals surface area contributed by atoms with Gasteiger partial charge in [0.15, 0.2) is 5.78 Å². The maximum absolute atomic E-state index is 11.7. The van der Waals surface area contributed by atoms with E-state index in [0.29, 0.717) is 23.0 Å². The Kier molecular flexibility index (Phi) is 5.13. The number of nitrogens with one attached hydrogen (secondary N) is 3. The third-order valence-corrected chi connectivity index (χ3v) is 4.43. The van der Waals surface area contributed by atoms with E-state index in [0.717, 1.165) is 16.7 Å². The Labute approximate surface area is 172 Å². The number of ether oxygens (including phenoxy) is 1. The first kappa shape index (κ1) is 19.1. The fourth-order valence-electron chi connectivity index (χ4n) is 2.90. The van der Waals surface area contributed by atoms with Gasteiger partial charge in [0.1, 0.15) is 17.2 Å². The quantitative estimate of drug-likeness (QED) is 0.421. The highest BCUT2D eigenvalue weighted by Gasteiger charge is 2.09. The lowest BCUT2D eigenvalue weighted by atomic mass is 10.1. The van der Waals surface area contributed by atoms with Gasteiger partial charge in [0, 0.05) is 36.6 Å². The Bertz CT molecular complexity index is 1230. The number of aromatic amines is 1. The van der Waals surface area contributed by atoms with Crippen LogP contribution in [0.15, 0.2) is 60.8 Å². The molecule has 1 amide bonds. The number of aromatic nitrogens is 3. The number of amides is 1. The summed E-state index contributed by atoms with van der Waals surface area (Å²) in [5, 5.41) is 5.72. The van der Waals surface area contributed by atoms with Crippen LogP contribution in [0.25, 0.3) is 11.0 Å². The summed E-state index contributed by atoms with van der Waals surface area (Å²) in [6.07, 6.45) is 1.52. The van der Waals surface area contributed by atoms with Gasteiger partial charge in [-0.15, -0.1) is 0 Å². The minimum Gasteiger partial charge on any atom is -0.457 e. The summed E-state index contributed by atoms with van der Waals surface area (Å²) in [6.45, 7) is 1.53. The van der Waals surface area contributed by atoms with E-state index >= 15 is 0 Å². The van der Waals surface area contributed by atoms with Crippen LogP contribution in [0.5, 0.6) is 11.5 Å². The van der Waals surface area contributed by atoms with Crippen molar-refractivity contribution in [3.8, 4) is 11.5 Å². The number of rotatable bonds is 6. The maximum Gasteiger partial charge on any atom is 0.269 e. The van der Waals surface area contributed by atoms with Crippen molar-refractivity contribution in [2.45, 2.75) is 6.92 Å². The molecule has 4 rings (SSSR count). The molecule has 4 aromatic rings. The molecule has 0 aliphatic heterocycles. The molecule has 2 heterocycles. The Balaban J connectivity index is 1.52. The Morgan fingerprint density at radius 1 is 1.00 bits per heavy atom. The predicted octanol–water partition coefficient (Wildman–Crippen LogP) is 4.06. The number of hydrogen-bond acceptors (Lipinski definition) is 6. The number of carbonyl (C=O) groups excluding carboxylic acids is 2. The van der Waals surface area contributed by atoms with Crippen molar-refractivity contribution in [1.29, 1.82) is 0 Å². The zero-order valence-corrected chi connectivity index (χ0v) is 16.4. The fraction of sp³-hybridized carbons (Fsp3) is 0.0909. The molecule has 0 spiro atoms. The largest absolute Gasteiger partial charge is 0.457 e. The SMILES string of the molecule is CNC(=O)c1cc(Oc2ccc3nc(Nc4ccc(C(C)=O)cc4)[nH]c3c2)ccn1. The number of carbonyl (C=O) groups is 2. The van der Waals surface area contributed by atoms with Gasteiger partial charge in [0.2, 0.25) is 5.95 Å². The smallest absolute Gasteiger partial charge is 0.269 e. The first-order chi connectivity index (χ1) is 14.5. The number of pyridine rings is 1. The van der Waals surface area contributed by atoms with Crippen LogP contribution in [0.2, 0.25) is 0 Å². The van der Waals surface area contributed by atoms with E-state index in [9.17, 15) is 9.59 Å². The molecule has 150 valence electrons. The number of Topliss-reactive ketones (excluding diaryl/α,β-unsaturated/α-hetero) is 1. The van der Waals surface area contributed by atoms with Crippen molar-refractivity contribution >= 4 is 34.4 Å². The van der Waals surface area contributed by atoms with E-state index in [-0.39, 0.29) is 17.4 Å². The van der Waals surface area contributed by atoms with Crippen LogP contribution >= 0.6 is 0 Å². The zero-order chi connectivity index (χ0) is 21.1. The number of H-pyrrole nitrogens is 1. The summed E-state index contributed by atoms with van der Waals surface area (Å²) < 4.78 is 5.86. The van der Waals surface area contributed by atoms with Gasteiger partial charge in [-0.2, -0.15) is 0 Å². The number of benzene rings is 2. The van der Waals surface area contributed by atoms with Gasteiger partial charge < -0.3 is 20.4 Å². The summed E-state index contributed by atoms with van der Waals surface area (Å²) >= 11 is 0. The molecule has 2 aromatic carbocycles. The van der Waals surface area contributed by atoms with Crippen molar-refractivity contribution in [3.63, 3.8) is 0 Å². The highest BCUT2D eigenvalue weighted by atomic mass is 16.5. The molecule has 0 radical (unpaired) electrons. The monoisotopic (exact) mass is 401 g/mol. The molecule has 30 heavy (non-hydrogen) atoms. The number of imidazole rings is 1. The van der Waals surface area contributed by atoms with E-state index < -0.39 is 0 Å². The van der Waals surface area contributed by atoms with Gasteiger partial charge in [-0.05, 0) is 49.4 Å². The van der Waals surface area contributed by atoms with Gasteiger partial charge >= 0.3 is 0 Å². The van der Waals surface area contributed by atoms with Gasteiger partial charge in [0.25, 0.3) is 5.91 Å². The van der Waals surface area contributed by atoms with Gasteiger partial charge in [-0.25, -0.2) is 4.98 Å². The molecule has 0 bridgehead atoms. The van der Waals surface area contributed by atoms with Crippen molar-refractivity contribution < 1.29 is 14.3 Å². The van der Waals surface area contributed by atoms with E-state index in [4.69, 9.17) is 4.74 Å². The van der Waals surface area contributed by atoms with Crippen LogP contribution < -0.4 is 15.4 Å². The molecule has 3 N–H and O–H groups in total. The number of hydrogen-bond donors (Lipinski definition) is 3. The number of anilines is 2. The molecular formula is C22H19N5O3. The molecule has 0 saturated carbocycles. The molecular weight excluding hydrogens is 382 g/mol. The predicted molar refractivity (Wildman–Crippen MR) is 114 cm³/mol. The van der Waals surface area contributed by atoms with E-state index in [2.05, 4.69) is 25.6 Å². The molecule has 2 aromatic heterocycles. The summed E-state index contributed by atoms with van der Waals surface area (Å²) in [5.74, 6) is 1.42. The van der Waals surface area contributed by atoms with Gasteiger partial charge in [0.05, 0.1) is 11.0 Å². The second kappa shape index (κ2) is 8.04. The molecule has 8 nitrogen and oxygen atoms in total. The van der Waals surface area contributed by atoms with Gasteiger partial charge in [-0.1, -0.05) is 0 Å². The lowest BCUT2D eigenvalue weighted by Crippen LogP contribution is -2.18. The van der Waals surface area contributed by atoms with Crippen LogP contribution in [0.4, 0.5) is 11.6 Å². The van der Waals surface area contributed by atoms with Crippen molar-refractivity contribution in [3.05, 3.63) is 72.1 Å². The lowest BCUT2D eigenvalue weighted by molar-refractivity contribution is 0.0956. The Hall–Kier alpha value is -4.20. The lowest BCUT2D eigenvalue weighted by Gasteiger charge is -2.06. The van der Waals surface area contributed by atoms with Crippen LogP contribution in [-0.4, -0.2) is 33.7 Å². The average molecular weight is 401 g/mol. The molecule has 0 saturated heterocycles. The molecule has 0 atom stereocenters.